The first-order valence-corrected chi connectivity index (χ1v) is 6.86. The smallest absolute Gasteiger partial charge is 0.218 e. The van der Waals surface area contributed by atoms with Gasteiger partial charge in [0.25, 0.3) is 0 Å². The van der Waals surface area contributed by atoms with Crippen molar-refractivity contribution >= 4 is 0 Å². The van der Waals surface area contributed by atoms with Gasteiger partial charge in [0.15, 0.2) is 0 Å². The summed E-state index contributed by atoms with van der Waals surface area (Å²) >= 11 is 0. The molecule has 0 aliphatic carbocycles. The van der Waals surface area contributed by atoms with Crippen molar-refractivity contribution in [2.24, 2.45) is 5.92 Å². The quantitative estimate of drug-likeness (QED) is 0.795. The maximum Gasteiger partial charge on any atom is 0.218 e. The van der Waals surface area contributed by atoms with E-state index in [0.29, 0.717) is 19.0 Å². The highest BCUT2D eigenvalue weighted by molar-refractivity contribution is 5.25. The first-order valence-electron chi connectivity index (χ1n) is 6.86. The summed E-state index contributed by atoms with van der Waals surface area (Å²) in [6.45, 7) is 11.0. The molecule has 1 aromatic heterocycles. The third-order valence-electron chi connectivity index (χ3n) is 3.24. The average molecular weight is 266 g/mol. The predicted molar refractivity (Wildman–Crippen MR) is 77.2 cm³/mol. The molecule has 1 heterocycles. The van der Waals surface area contributed by atoms with Crippen molar-refractivity contribution in [3.63, 3.8) is 0 Å². The van der Waals surface area contributed by atoms with Crippen LogP contribution in [0.5, 0.6) is 5.88 Å². The highest BCUT2D eigenvalue weighted by atomic mass is 16.5. The SMILES string of the molecule is CC(C)Oc1ncccc1CNCC(C)(O)C(C)C. The van der Waals surface area contributed by atoms with Gasteiger partial charge in [0.2, 0.25) is 5.88 Å². The van der Waals surface area contributed by atoms with Gasteiger partial charge in [-0.05, 0) is 32.8 Å². The van der Waals surface area contributed by atoms with Crippen molar-refractivity contribution in [1.29, 1.82) is 0 Å². The molecule has 0 aliphatic rings. The third kappa shape index (κ3) is 5.17. The number of pyridine rings is 1. The minimum absolute atomic E-state index is 0.104. The third-order valence-corrected chi connectivity index (χ3v) is 3.24. The van der Waals surface area contributed by atoms with Crippen LogP contribution in [-0.2, 0) is 6.54 Å². The lowest BCUT2D eigenvalue weighted by Crippen LogP contribution is -2.42. The molecule has 0 spiro atoms. The second-order valence-corrected chi connectivity index (χ2v) is 5.75. The molecule has 4 heteroatoms. The van der Waals surface area contributed by atoms with Crippen LogP contribution in [0.15, 0.2) is 18.3 Å². The van der Waals surface area contributed by atoms with Crippen LogP contribution < -0.4 is 10.1 Å². The van der Waals surface area contributed by atoms with Gasteiger partial charge in [-0.2, -0.15) is 0 Å². The van der Waals surface area contributed by atoms with Crippen LogP contribution in [0.2, 0.25) is 0 Å². The number of rotatable bonds is 7. The van der Waals surface area contributed by atoms with E-state index in [-0.39, 0.29) is 12.0 Å². The van der Waals surface area contributed by atoms with Crippen molar-refractivity contribution in [3.05, 3.63) is 23.9 Å². The molecule has 0 fully saturated rings. The summed E-state index contributed by atoms with van der Waals surface area (Å²) in [5.74, 6) is 0.870. The topological polar surface area (TPSA) is 54.4 Å². The Balaban J connectivity index is 2.58. The fourth-order valence-corrected chi connectivity index (χ4v) is 1.54. The Morgan fingerprint density at radius 3 is 2.63 bits per heavy atom. The maximum atomic E-state index is 10.2. The zero-order valence-corrected chi connectivity index (χ0v) is 12.6. The molecule has 0 amide bonds. The van der Waals surface area contributed by atoms with E-state index in [9.17, 15) is 5.11 Å². The molecule has 0 radical (unpaired) electrons. The Kier molecular flexibility index (Phi) is 5.76. The van der Waals surface area contributed by atoms with Gasteiger partial charge < -0.3 is 15.2 Å². The highest BCUT2D eigenvalue weighted by Crippen LogP contribution is 2.17. The molecule has 1 atom stereocenters. The zero-order valence-electron chi connectivity index (χ0n) is 12.6. The first kappa shape index (κ1) is 15.9. The number of aliphatic hydroxyl groups is 1. The van der Waals surface area contributed by atoms with Crippen LogP contribution in [0, 0.1) is 5.92 Å². The first-order chi connectivity index (χ1) is 8.83. The Hall–Kier alpha value is -1.13. The Labute approximate surface area is 116 Å². The molecule has 4 nitrogen and oxygen atoms in total. The molecule has 0 saturated heterocycles. The normalized spacial score (nSPS) is 14.7. The molecule has 0 bridgehead atoms. The summed E-state index contributed by atoms with van der Waals surface area (Å²) in [4.78, 5) is 4.24. The van der Waals surface area contributed by atoms with Crippen LogP contribution in [0.3, 0.4) is 0 Å². The van der Waals surface area contributed by atoms with E-state index in [1.54, 1.807) is 6.20 Å². The van der Waals surface area contributed by atoms with Gasteiger partial charge >= 0.3 is 0 Å². The molecule has 0 aliphatic heterocycles. The van der Waals surface area contributed by atoms with Crippen molar-refractivity contribution < 1.29 is 9.84 Å². The summed E-state index contributed by atoms with van der Waals surface area (Å²) < 4.78 is 5.66. The van der Waals surface area contributed by atoms with Gasteiger partial charge in [-0.15, -0.1) is 0 Å². The monoisotopic (exact) mass is 266 g/mol. The van der Waals surface area contributed by atoms with Crippen molar-refractivity contribution in [3.8, 4) is 5.88 Å². The molecule has 1 aromatic rings. The Morgan fingerprint density at radius 1 is 1.37 bits per heavy atom. The Bertz CT molecular complexity index is 389. The van der Waals surface area contributed by atoms with E-state index in [0.717, 1.165) is 5.56 Å². The second kappa shape index (κ2) is 6.87. The minimum Gasteiger partial charge on any atom is -0.475 e. The molecular weight excluding hydrogens is 240 g/mol. The molecular formula is C15H26N2O2. The largest absolute Gasteiger partial charge is 0.475 e. The van der Waals surface area contributed by atoms with Crippen molar-refractivity contribution in [2.45, 2.75) is 52.9 Å². The summed E-state index contributed by atoms with van der Waals surface area (Å²) in [5.41, 5.74) is 0.303. The van der Waals surface area contributed by atoms with Gasteiger partial charge in [-0.25, -0.2) is 4.98 Å². The minimum atomic E-state index is -0.707. The van der Waals surface area contributed by atoms with Crippen molar-refractivity contribution in [1.82, 2.24) is 10.3 Å². The lowest BCUT2D eigenvalue weighted by atomic mass is 9.92. The van der Waals surface area contributed by atoms with Crippen LogP contribution in [0.25, 0.3) is 0 Å². The lowest BCUT2D eigenvalue weighted by molar-refractivity contribution is 0.0139. The standard InChI is InChI=1S/C15H26N2O2/c1-11(2)15(5,18)10-16-9-13-7-6-8-17-14(13)19-12(3)4/h6-8,11-12,16,18H,9-10H2,1-5H3. The van der Waals surface area contributed by atoms with E-state index < -0.39 is 5.60 Å². The van der Waals surface area contributed by atoms with E-state index >= 15 is 0 Å². The molecule has 0 aromatic carbocycles. The lowest BCUT2D eigenvalue weighted by Gasteiger charge is -2.28. The zero-order chi connectivity index (χ0) is 14.5. The van der Waals surface area contributed by atoms with E-state index in [4.69, 9.17) is 4.74 Å². The van der Waals surface area contributed by atoms with Gasteiger partial charge in [-0.1, -0.05) is 19.9 Å². The van der Waals surface area contributed by atoms with Crippen molar-refractivity contribution in [2.75, 3.05) is 6.54 Å². The Morgan fingerprint density at radius 2 is 2.05 bits per heavy atom. The van der Waals surface area contributed by atoms with Crippen LogP contribution in [-0.4, -0.2) is 28.3 Å². The summed E-state index contributed by atoms with van der Waals surface area (Å²) in [7, 11) is 0. The molecule has 1 unspecified atom stereocenters. The number of nitrogens with one attached hydrogen (secondary N) is 1. The second-order valence-electron chi connectivity index (χ2n) is 5.75. The predicted octanol–water partition coefficient (Wildman–Crippen LogP) is 2.37. The van der Waals surface area contributed by atoms with Gasteiger partial charge in [-0.3, -0.25) is 0 Å². The molecule has 108 valence electrons. The number of aromatic nitrogens is 1. The van der Waals surface area contributed by atoms with E-state index in [1.165, 1.54) is 0 Å². The summed E-state index contributed by atoms with van der Waals surface area (Å²) in [6.07, 6.45) is 1.83. The van der Waals surface area contributed by atoms with Crippen LogP contribution >= 0.6 is 0 Å². The number of ether oxygens (including phenoxy) is 1. The fraction of sp³-hybridized carbons (Fsp3) is 0.667. The summed E-state index contributed by atoms with van der Waals surface area (Å²) in [5, 5.41) is 13.4. The molecule has 1 rings (SSSR count). The highest BCUT2D eigenvalue weighted by Gasteiger charge is 2.24. The number of nitrogens with zero attached hydrogens (tertiary/aromatic N) is 1. The van der Waals surface area contributed by atoms with Gasteiger partial charge in [0.05, 0.1) is 11.7 Å². The van der Waals surface area contributed by atoms with Crippen LogP contribution in [0.1, 0.15) is 40.2 Å². The number of hydrogen-bond acceptors (Lipinski definition) is 4. The molecule has 0 saturated carbocycles. The van der Waals surface area contributed by atoms with Crippen LogP contribution in [0.4, 0.5) is 0 Å². The number of hydrogen-bond donors (Lipinski definition) is 2. The average Bonchev–Trinajstić information content (AvgIpc) is 2.30. The van der Waals surface area contributed by atoms with E-state index in [2.05, 4.69) is 10.3 Å². The van der Waals surface area contributed by atoms with Gasteiger partial charge in [0, 0.05) is 24.8 Å². The molecule has 2 N–H and O–H groups in total. The van der Waals surface area contributed by atoms with Gasteiger partial charge in [0.1, 0.15) is 0 Å². The molecule has 19 heavy (non-hydrogen) atoms. The summed E-state index contributed by atoms with van der Waals surface area (Å²) in [6, 6.07) is 3.88. The maximum absolute atomic E-state index is 10.2. The fourth-order valence-electron chi connectivity index (χ4n) is 1.54. The van der Waals surface area contributed by atoms with E-state index in [1.807, 2.05) is 46.8 Å².